The summed E-state index contributed by atoms with van der Waals surface area (Å²) in [4.78, 5) is 16.0. The minimum Gasteiger partial charge on any atom is -0.363 e. The third-order valence-electron chi connectivity index (χ3n) is 3.83. The standard InChI is InChI=1S/C20H20N2O/c1-14(2)19-18(15-9-5-3-6-10-15)17(13-21-19)20(23)22-16-11-7-4-8-12-16/h3-14,21H,1-2H3,(H,22,23). The van der Waals surface area contributed by atoms with Crippen LogP contribution < -0.4 is 5.32 Å². The van der Waals surface area contributed by atoms with Crippen molar-refractivity contribution in [1.29, 1.82) is 0 Å². The highest BCUT2D eigenvalue weighted by Gasteiger charge is 2.20. The molecule has 1 amide bonds. The van der Waals surface area contributed by atoms with Gasteiger partial charge in [0.15, 0.2) is 0 Å². The predicted octanol–water partition coefficient (Wildman–Crippen LogP) is 5.06. The van der Waals surface area contributed by atoms with Gasteiger partial charge in [-0.3, -0.25) is 4.79 Å². The Hall–Kier alpha value is -2.81. The van der Waals surface area contributed by atoms with Crippen LogP contribution in [-0.4, -0.2) is 10.9 Å². The van der Waals surface area contributed by atoms with E-state index < -0.39 is 0 Å². The molecule has 116 valence electrons. The number of benzene rings is 2. The fourth-order valence-corrected chi connectivity index (χ4v) is 2.71. The molecule has 3 nitrogen and oxygen atoms in total. The first-order chi connectivity index (χ1) is 11.2. The van der Waals surface area contributed by atoms with Gasteiger partial charge in [-0.25, -0.2) is 0 Å². The molecule has 0 aliphatic carbocycles. The van der Waals surface area contributed by atoms with Gasteiger partial charge in [-0.05, 0) is 23.6 Å². The van der Waals surface area contributed by atoms with Crippen LogP contribution in [0.15, 0.2) is 66.9 Å². The predicted molar refractivity (Wildman–Crippen MR) is 94.7 cm³/mol. The number of aromatic nitrogens is 1. The molecular formula is C20H20N2O. The number of para-hydroxylation sites is 1. The molecule has 2 aromatic carbocycles. The molecule has 23 heavy (non-hydrogen) atoms. The monoisotopic (exact) mass is 304 g/mol. The van der Waals surface area contributed by atoms with E-state index in [4.69, 9.17) is 0 Å². The van der Waals surface area contributed by atoms with Crippen LogP contribution in [-0.2, 0) is 0 Å². The van der Waals surface area contributed by atoms with Crippen LogP contribution in [0.2, 0.25) is 0 Å². The van der Waals surface area contributed by atoms with Crippen molar-refractivity contribution in [3.05, 3.63) is 78.1 Å². The Morgan fingerprint density at radius 2 is 1.57 bits per heavy atom. The molecule has 0 saturated heterocycles. The van der Waals surface area contributed by atoms with E-state index in [0.29, 0.717) is 11.5 Å². The second-order valence-electron chi connectivity index (χ2n) is 5.83. The van der Waals surface area contributed by atoms with Crippen molar-refractivity contribution in [1.82, 2.24) is 4.98 Å². The zero-order valence-electron chi connectivity index (χ0n) is 13.3. The van der Waals surface area contributed by atoms with Crippen LogP contribution >= 0.6 is 0 Å². The van der Waals surface area contributed by atoms with Gasteiger partial charge in [-0.15, -0.1) is 0 Å². The molecule has 1 heterocycles. The van der Waals surface area contributed by atoms with E-state index in [9.17, 15) is 4.79 Å². The number of carbonyl (C=O) groups excluding carboxylic acids is 1. The summed E-state index contributed by atoms with van der Waals surface area (Å²) in [6, 6.07) is 19.5. The van der Waals surface area contributed by atoms with Crippen LogP contribution in [0.25, 0.3) is 11.1 Å². The molecule has 3 aromatic rings. The van der Waals surface area contributed by atoms with Crippen molar-refractivity contribution < 1.29 is 4.79 Å². The van der Waals surface area contributed by atoms with Gasteiger partial charge in [0.2, 0.25) is 0 Å². The van der Waals surface area contributed by atoms with Crippen LogP contribution in [0.1, 0.15) is 35.8 Å². The van der Waals surface area contributed by atoms with Crippen molar-refractivity contribution >= 4 is 11.6 Å². The Balaban J connectivity index is 2.01. The van der Waals surface area contributed by atoms with Crippen molar-refractivity contribution in [2.45, 2.75) is 19.8 Å². The number of nitrogens with one attached hydrogen (secondary N) is 2. The molecule has 0 aliphatic rings. The average Bonchev–Trinajstić information content (AvgIpc) is 3.02. The van der Waals surface area contributed by atoms with Crippen LogP contribution in [0.3, 0.4) is 0 Å². The fourth-order valence-electron chi connectivity index (χ4n) is 2.71. The van der Waals surface area contributed by atoms with E-state index in [-0.39, 0.29) is 5.91 Å². The summed E-state index contributed by atoms with van der Waals surface area (Å²) in [6.45, 7) is 4.24. The number of anilines is 1. The van der Waals surface area contributed by atoms with E-state index in [1.165, 1.54) is 0 Å². The van der Waals surface area contributed by atoms with Crippen molar-refractivity contribution in [2.75, 3.05) is 5.32 Å². The zero-order valence-corrected chi connectivity index (χ0v) is 13.3. The first-order valence-electron chi connectivity index (χ1n) is 7.80. The van der Waals surface area contributed by atoms with Gasteiger partial charge in [0, 0.05) is 23.1 Å². The van der Waals surface area contributed by atoms with Gasteiger partial charge in [0.25, 0.3) is 5.91 Å². The summed E-state index contributed by atoms with van der Waals surface area (Å²) in [5, 5.41) is 2.96. The maximum Gasteiger partial charge on any atom is 0.257 e. The Bertz CT molecular complexity index is 789. The highest BCUT2D eigenvalue weighted by molar-refractivity contribution is 6.09. The van der Waals surface area contributed by atoms with Crippen molar-refractivity contribution in [3.8, 4) is 11.1 Å². The Morgan fingerprint density at radius 3 is 2.17 bits per heavy atom. The van der Waals surface area contributed by atoms with Crippen LogP contribution in [0.4, 0.5) is 5.69 Å². The van der Waals surface area contributed by atoms with Gasteiger partial charge < -0.3 is 10.3 Å². The molecule has 3 heteroatoms. The van der Waals surface area contributed by atoms with Gasteiger partial charge in [-0.2, -0.15) is 0 Å². The Kier molecular flexibility index (Phi) is 4.29. The molecule has 0 saturated carbocycles. The quantitative estimate of drug-likeness (QED) is 0.695. The second-order valence-corrected chi connectivity index (χ2v) is 5.83. The number of H-pyrrole nitrogens is 1. The molecule has 0 unspecified atom stereocenters. The smallest absolute Gasteiger partial charge is 0.257 e. The highest BCUT2D eigenvalue weighted by atomic mass is 16.1. The first kappa shape index (κ1) is 15.1. The maximum absolute atomic E-state index is 12.7. The Morgan fingerprint density at radius 1 is 0.957 bits per heavy atom. The van der Waals surface area contributed by atoms with E-state index >= 15 is 0 Å². The van der Waals surface area contributed by atoms with Gasteiger partial charge in [-0.1, -0.05) is 62.4 Å². The largest absolute Gasteiger partial charge is 0.363 e. The van der Waals surface area contributed by atoms with E-state index in [2.05, 4.69) is 24.1 Å². The summed E-state index contributed by atoms with van der Waals surface area (Å²) < 4.78 is 0. The summed E-state index contributed by atoms with van der Waals surface area (Å²) >= 11 is 0. The number of hydrogen-bond acceptors (Lipinski definition) is 1. The normalized spacial score (nSPS) is 10.7. The topological polar surface area (TPSA) is 44.9 Å². The number of amides is 1. The summed E-state index contributed by atoms with van der Waals surface area (Å²) in [5.74, 6) is 0.210. The molecule has 3 rings (SSSR count). The lowest BCUT2D eigenvalue weighted by Gasteiger charge is -2.11. The van der Waals surface area contributed by atoms with Crippen LogP contribution in [0, 0.1) is 0 Å². The molecular weight excluding hydrogens is 284 g/mol. The lowest BCUT2D eigenvalue weighted by atomic mass is 9.96. The average molecular weight is 304 g/mol. The summed E-state index contributed by atoms with van der Waals surface area (Å²) in [5.41, 5.74) is 4.58. The highest BCUT2D eigenvalue weighted by Crippen LogP contribution is 2.32. The molecule has 2 N–H and O–H groups in total. The van der Waals surface area contributed by atoms with Gasteiger partial charge >= 0.3 is 0 Å². The molecule has 0 spiro atoms. The molecule has 0 aliphatic heterocycles. The number of rotatable bonds is 4. The van der Waals surface area contributed by atoms with Gasteiger partial charge in [0.05, 0.1) is 5.56 Å². The number of hydrogen-bond donors (Lipinski definition) is 2. The molecule has 0 atom stereocenters. The summed E-state index contributed by atoms with van der Waals surface area (Å²) in [6.07, 6.45) is 1.80. The van der Waals surface area contributed by atoms with Gasteiger partial charge in [0.1, 0.15) is 0 Å². The molecule has 0 bridgehead atoms. The van der Waals surface area contributed by atoms with Crippen molar-refractivity contribution in [3.63, 3.8) is 0 Å². The Labute approximate surface area is 136 Å². The van der Waals surface area contributed by atoms with Crippen molar-refractivity contribution in [2.24, 2.45) is 0 Å². The zero-order chi connectivity index (χ0) is 16.2. The van der Waals surface area contributed by atoms with Crippen LogP contribution in [0.5, 0.6) is 0 Å². The molecule has 0 fully saturated rings. The minimum absolute atomic E-state index is 0.0989. The molecule has 1 aromatic heterocycles. The number of carbonyl (C=O) groups is 1. The fraction of sp³-hybridized carbons (Fsp3) is 0.150. The maximum atomic E-state index is 12.7. The number of aromatic amines is 1. The van der Waals surface area contributed by atoms with E-state index in [0.717, 1.165) is 22.5 Å². The SMILES string of the molecule is CC(C)c1[nH]cc(C(=O)Nc2ccccc2)c1-c1ccccc1. The van der Waals surface area contributed by atoms with E-state index in [1.807, 2.05) is 60.7 Å². The second kappa shape index (κ2) is 6.53. The lowest BCUT2D eigenvalue weighted by molar-refractivity contribution is 0.102. The van der Waals surface area contributed by atoms with E-state index in [1.54, 1.807) is 6.20 Å². The minimum atomic E-state index is -0.0989. The third-order valence-corrected chi connectivity index (χ3v) is 3.83. The first-order valence-corrected chi connectivity index (χ1v) is 7.80. The lowest BCUT2D eigenvalue weighted by Crippen LogP contribution is -2.12. The summed E-state index contributed by atoms with van der Waals surface area (Å²) in [7, 11) is 0. The third kappa shape index (κ3) is 3.19. The molecule has 0 radical (unpaired) electrons.